The van der Waals surface area contributed by atoms with Gasteiger partial charge < -0.3 is 14.2 Å². The number of carbonyl (C=O) groups is 1. The number of ketones is 1. The van der Waals surface area contributed by atoms with Gasteiger partial charge in [0.2, 0.25) is 0 Å². The molecule has 3 heterocycles. The smallest absolute Gasteiger partial charge is 0.457 e. The lowest BCUT2D eigenvalue weighted by Gasteiger charge is -2.27. The van der Waals surface area contributed by atoms with Gasteiger partial charge in [0.25, 0.3) is 0 Å². The second-order valence-electron chi connectivity index (χ2n) is 10.5. The molecule has 1 fully saturated rings. The van der Waals surface area contributed by atoms with Crippen LogP contribution in [0.5, 0.6) is 11.5 Å². The van der Waals surface area contributed by atoms with E-state index in [1.165, 1.54) is 12.1 Å². The summed E-state index contributed by atoms with van der Waals surface area (Å²) in [5.74, 6) is -3.01. The zero-order valence-electron chi connectivity index (χ0n) is 22.6. The van der Waals surface area contributed by atoms with Gasteiger partial charge in [0, 0.05) is 49.7 Å². The lowest BCUT2D eigenvalue weighted by Crippen LogP contribution is -2.34. The highest BCUT2D eigenvalue weighted by molar-refractivity contribution is 5.83. The number of rotatable bonds is 8. The standard InChI is InChI=1S/C30H29F5N4O2/c1-38-13-10-20(11-14-38)27(40)17-22-16-24(9-12-36-22)41-23-7-8-26-25(18-23)37-28(39(26)2)15-19-3-5-21(6-4-19)29(31,32)30(33,34)35/h3-9,12,16,18,20H,10-11,13-15,17H2,1-2H3. The van der Waals surface area contributed by atoms with E-state index in [1.54, 1.807) is 37.5 Å². The Morgan fingerprint density at radius 1 is 0.951 bits per heavy atom. The number of nitrogens with zero attached hydrogens (tertiary/aromatic N) is 4. The Bertz CT molecular complexity index is 1540. The lowest BCUT2D eigenvalue weighted by atomic mass is 9.90. The molecule has 1 aliphatic heterocycles. The van der Waals surface area contributed by atoms with Gasteiger partial charge in [-0.05, 0) is 56.7 Å². The number of alkyl halides is 5. The number of aryl methyl sites for hydroxylation is 1. The van der Waals surface area contributed by atoms with E-state index in [0.29, 0.717) is 34.1 Å². The van der Waals surface area contributed by atoms with Crippen LogP contribution in [-0.2, 0) is 30.6 Å². The number of ether oxygens (including phenoxy) is 1. The molecule has 0 bridgehead atoms. The summed E-state index contributed by atoms with van der Waals surface area (Å²) in [6, 6.07) is 12.9. The second-order valence-corrected chi connectivity index (χ2v) is 10.5. The molecule has 0 radical (unpaired) electrons. The number of fused-ring (bicyclic) bond motifs is 1. The number of hydrogen-bond donors (Lipinski definition) is 0. The molecule has 0 aliphatic carbocycles. The van der Waals surface area contributed by atoms with Crippen LogP contribution >= 0.6 is 0 Å². The predicted octanol–water partition coefficient (Wildman–Crippen LogP) is 6.46. The van der Waals surface area contributed by atoms with Crippen molar-refractivity contribution in [1.29, 1.82) is 0 Å². The third-order valence-electron chi connectivity index (χ3n) is 7.53. The molecular formula is C30H29F5N4O2. The van der Waals surface area contributed by atoms with Crippen molar-refractivity contribution in [2.45, 2.75) is 37.8 Å². The molecule has 0 N–H and O–H groups in total. The van der Waals surface area contributed by atoms with Gasteiger partial charge in [-0.3, -0.25) is 9.78 Å². The van der Waals surface area contributed by atoms with Crippen LogP contribution in [-0.4, -0.2) is 51.5 Å². The summed E-state index contributed by atoms with van der Waals surface area (Å²) in [5, 5.41) is 0. The number of Topliss-reactive ketones (excluding diaryl/α,β-unsaturated/α-hetero) is 1. The van der Waals surface area contributed by atoms with Gasteiger partial charge in [-0.2, -0.15) is 22.0 Å². The molecule has 5 rings (SSSR count). The maximum Gasteiger partial charge on any atom is 0.458 e. The van der Waals surface area contributed by atoms with Crippen LogP contribution in [0.25, 0.3) is 11.0 Å². The highest BCUT2D eigenvalue weighted by Gasteiger charge is 2.58. The van der Waals surface area contributed by atoms with E-state index >= 15 is 0 Å². The van der Waals surface area contributed by atoms with Gasteiger partial charge in [0.15, 0.2) is 0 Å². The molecule has 0 unspecified atom stereocenters. The molecule has 1 saturated heterocycles. The normalized spacial score (nSPS) is 15.4. The Morgan fingerprint density at radius 3 is 2.32 bits per heavy atom. The molecule has 0 spiro atoms. The van der Waals surface area contributed by atoms with Crippen LogP contribution in [0.1, 0.15) is 35.5 Å². The summed E-state index contributed by atoms with van der Waals surface area (Å²) in [5.41, 5.74) is 1.51. The van der Waals surface area contributed by atoms with Crippen molar-refractivity contribution in [3.05, 3.63) is 83.4 Å². The minimum atomic E-state index is -5.66. The van der Waals surface area contributed by atoms with Crippen molar-refractivity contribution in [3.63, 3.8) is 0 Å². The Morgan fingerprint density at radius 2 is 1.63 bits per heavy atom. The predicted molar refractivity (Wildman–Crippen MR) is 143 cm³/mol. The Labute approximate surface area is 233 Å². The van der Waals surface area contributed by atoms with E-state index < -0.39 is 17.7 Å². The van der Waals surface area contributed by atoms with E-state index in [0.717, 1.165) is 43.6 Å². The molecule has 2 aromatic heterocycles. The minimum absolute atomic E-state index is 0.0529. The average Bonchev–Trinajstić information content (AvgIpc) is 3.23. The fourth-order valence-electron chi connectivity index (χ4n) is 5.03. The number of hydrogen-bond acceptors (Lipinski definition) is 5. The molecule has 0 saturated carbocycles. The maximum absolute atomic E-state index is 13.6. The van der Waals surface area contributed by atoms with E-state index in [1.807, 2.05) is 10.6 Å². The molecule has 1 aliphatic rings. The molecule has 6 nitrogen and oxygen atoms in total. The van der Waals surface area contributed by atoms with Crippen LogP contribution in [0.2, 0.25) is 0 Å². The number of benzene rings is 2. The van der Waals surface area contributed by atoms with Crippen LogP contribution in [0.4, 0.5) is 22.0 Å². The lowest BCUT2D eigenvalue weighted by molar-refractivity contribution is -0.289. The second kappa shape index (κ2) is 11.2. The van der Waals surface area contributed by atoms with Crippen LogP contribution in [0, 0.1) is 5.92 Å². The van der Waals surface area contributed by atoms with E-state index in [2.05, 4.69) is 21.9 Å². The van der Waals surface area contributed by atoms with Gasteiger partial charge in [-0.1, -0.05) is 24.3 Å². The van der Waals surface area contributed by atoms with Gasteiger partial charge in [0.05, 0.1) is 16.7 Å². The number of pyridine rings is 1. The first-order chi connectivity index (χ1) is 19.4. The summed E-state index contributed by atoms with van der Waals surface area (Å²) >= 11 is 0. The molecule has 0 amide bonds. The monoisotopic (exact) mass is 572 g/mol. The largest absolute Gasteiger partial charge is 0.458 e. The number of likely N-dealkylation sites (tertiary alicyclic amines) is 1. The average molecular weight is 573 g/mol. The summed E-state index contributed by atoms with van der Waals surface area (Å²) < 4.78 is 73.1. The van der Waals surface area contributed by atoms with E-state index in [4.69, 9.17) is 4.74 Å². The quantitative estimate of drug-likeness (QED) is 0.227. The third kappa shape index (κ3) is 6.24. The van der Waals surface area contributed by atoms with Crippen LogP contribution < -0.4 is 4.74 Å². The SMILES string of the molecule is CN1CCC(C(=O)Cc2cc(Oc3ccc4c(c3)nc(Cc3ccc(C(F)(F)C(F)(F)F)cc3)n4C)ccn2)CC1. The first kappa shape index (κ1) is 28.7. The van der Waals surface area contributed by atoms with Gasteiger partial charge in [0.1, 0.15) is 23.1 Å². The molecule has 0 atom stereocenters. The van der Waals surface area contributed by atoms with E-state index in [-0.39, 0.29) is 24.5 Å². The molecule has 216 valence electrons. The summed E-state index contributed by atoms with van der Waals surface area (Å²) in [6.07, 6.45) is -1.84. The fourth-order valence-corrected chi connectivity index (χ4v) is 5.03. The Kier molecular flexibility index (Phi) is 7.83. The Hall–Kier alpha value is -3.86. The molecule has 11 heteroatoms. The number of halogens is 5. The number of aromatic nitrogens is 3. The van der Waals surface area contributed by atoms with Crippen molar-refractivity contribution in [2.75, 3.05) is 20.1 Å². The van der Waals surface area contributed by atoms with Gasteiger partial charge >= 0.3 is 12.1 Å². The van der Waals surface area contributed by atoms with Crippen molar-refractivity contribution >= 4 is 16.8 Å². The fraction of sp³-hybridized carbons (Fsp3) is 0.367. The number of carbonyl (C=O) groups excluding carboxylic acids is 1. The van der Waals surface area contributed by atoms with Crippen LogP contribution in [0.3, 0.4) is 0 Å². The highest BCUT2D eigenvalue weighted by Crippen LogP contribution is 2.43. The molecule has 2 aromatic carbocycles. The summed E-state index contributed by atoms with van der Waals surface area (Å²) in [6.45, 7) is 1.83. The van der Waals surface area contributed by atoms with Gasteiger partial charge in [-0.15, -0.1) is 0 Å². The number of imidazole rings is 1. The van der Waals surface area contributed by atoms with Crippen molar-refractivity contribution in [2.24, 2.45) is 13.0 Å². The van der Waals surface area contributed by atoms with Crippen molar-refractivity contribution in [1.82, 2.24) is 19.4 Å². The minimum Gasteiger partial charge on any atom is -0.457 e. The zero-order chi connectivity index (χ0) is 29.4. The summed E-state index contributed by atoms with van der Waals surface area (Å²) in [7, 11) is 3.86. The van der Waals surface area contributed by atoms with Crippen molar-refractivity contribution in [3.8, 4) is 11.5 Å². The first-order valence-corrected chi connectivity index (χ1v) is 13.2. The van der Waals surface area contributed by atoms with Gasteiger partial charge in [-0.25, -0.2) is 4.98 Å². The maximum atomic E-state index is 13.6. The third-order valence-corrected chi connectivity index (χ3v) is 7.53. The van der Waals surface area contributed by atoms with Crippen molar-refractivity contribution < 1.29 is 31.5 Å². The van der Waals surface area contributed by atoms with E-state index in [9.17, 15) is 26.7 Å². The zero-order valence-corrected chi connectivity index (χ0v) is 22.6. The first-order valence-electron chi connectivity index (χ1n) is 13.2. The summed E-state index contributed by atoms with van der Waals surface area (Å²) in [4.78, 5) is 24.0. The molecule has 41 heavy (non-hydrogen) atoms. The molecular weight excluding hydrogens is 543 g/mol. The molecule has 4 aromatic rings. The topological polar surface area (TPSA) is 60.3 Å². The Balaban J connectivity index is 1.27. The highest BCUT2D eigenvalue weighted by atomic mass is 19.4. The number of piperidine rings is 1. The van der Waals surface area contributed by atoms with Crippen LogP contribution in [0.15, 0.2) is 60.8 Å².